The smallest absolute Gasteiger partial charge is 0.307 e. The lowest BCUT2D eigenvalue weighted by Gasteiger charge is -2.03. The van der Waals surface area contributed by atoms with Crippen molar-refractivity contribution in [2.75, 3.05) is 7.11 Å². The van der Waals surface area contributed by atoms with Crippen molar-refractivity contribution in [3.63, 3.8) is 0 Å². The lowest BCUT2D eigenvalue weighted by Crippen LogP contribution is -2.09. The first-order valence-electron chi connectivity index (χ1n) is 2.15. The molecule has 0 saturated carbocycles. The molecule has 0 aliphatic rings. The highest BCUT2D eigenvalue weighted by Gasteiger charge is 2.23. The SMILES string of the molecule is CO.O=C(O)CC(Cl)(Cl)Cl. The van der Waals surface area contributed by atoms with Gasteiger partial charge in [0.1, 0.15) is 0 Å². The molecule has 0 bridgehead atoms. The predicted molar refractivity (Wildman–Crippen MR) is 40.7 cm³/mol. The summed E-state index contributed by atoms with van der Waals surface area (Å²) in [6, 6.07) is 0. The van der Waals surface area contributed by atoms with Gasteiger partial charge in [0.05, 0.1) is 6.42 Å². The molecule has 0 aromatic heterocycles. The molecule has 3 nitrogen and oxygen atoms in total. The van der Waals surface area contributed by atoms with Gasteiger partial charge < -0.3 is 10.2 Å². The largest absolute Gasteiger partial charge is 0.481 e. The molecule has 6 heteroatoms. The summed E-state index contributed by atoms with van der Waals surface area (Å²) in [7, 11) is 1.00. The Morgan fingerprint density at radius 2 is 1.70 bits per heavy atom. The van der Waals surface area contributed by atoms with Crippen LogP contribution in [0.25, 0.3) is 0 Å². The van der Waals surface area contributed by atoms with Crippen molar-refractivity contribution >= 4 is 40.8 Å². The maximum Gasteiger partial charge on any atom is 0.307 e. The fourth-order valence-corrected chi connectivity index (χ4v) is 0.514. The molecule has 0 spiro atoms. The maximum absolute atomic E-state index is 9.76. The summed E-state index contributed by atoms with van der Waals surface area (Å²) in [6.07, 6.45) is -0.461. The average Bonchev–Trinajstić information content (AvgIpc) is 1.64. The molecule has 0 aromatic rings. The number of aliphatic carboxylic acids is 1. The summed E-state index contributed by atoms with van der Waals surface area (Å²) in [5.74, 6) is -1.12. The minimum absolute atomic E-state index is 0.461. The molecule has 0 fully saturated rings. The second-order valence-corrected chi connectivity index (χ2v) is 3.70. The van der Waals surface area contributed by atoms with Gasteiger partial charge in [0, 0.05) is 7.11 Å². The normalized spacial score (nSPS) is 9.70. The molecule has 62 valence electrons. The molecule has 10 heavy (non-hydrogen) atoms. The highest BCUT2D eigenvalue weighted by atomic mass is 35.6. The van der Waals surface area contributed by atoms with Crippen LogP contribution in [0.5, 0.6) is 0 Å². The van der Waals surface area contributed by atoms with Gasteiger partial charge in [0.25, 0.3) is 0 Å². The third-order valence-corrected chi connectivity index (χ3v) is 0.753. The molecule has 0 radical (unpaired) electrons. The van der Waals surface area contributed by atoms with Crippen molar-refractivity contribution in [1.29, 1.82) is 0 Å². The van der Waals surface area contributed by atoms with Crippen LogP contribution in [0.15, 0.2) is 0 Å². The highest BCUT2D eigenvalue weighted by Crippen LogP contribution is 2.29. The van der Waals surface area contributed by atoms with Gasteiger partial charge in [-0.1, -0.05) is 34.8 Å². The first kappa shape index (κ1) is 12.9. The van der Waals surface area contributed by atoms with Gasteiger partial charge in [-0.2, -0.15) is 0 Å². The fraction of sp³-hybridized carbons (Fsp3) is 0.750. The van der Waals surface area contributed by atoms with Crippen LogP contribution in [0.3, 0.4) is 0 Å². The van der Waals surface area contributed by atoms with Crippen LogP contribution in [0, 0.1) is 0 Å². The fourth-order valence-electron chi connectivity index (χ4n) is 0.171. The molecule has 0 unspecified atom stereocenters. The molecule has 0 saturated heterocycles. The Morgan fingerprint density at radius 3 is 1.70 bits per heavy atom. The summed E-state index contributed by atoms with van der Waals surface area (Å²) < 4.78 is -1.66. The molecule has 0 aromatic carbocycles. The molecule has 0 aliphatic heterocycles. The van der Waals surface area contributed by atoms with E-state index in [9.17, 15) is 4.79 Å². The van der Waals surface area contributed by atoms with Crippen LogP contribution in [0.2, 0.25) is 0 Å². The number of rotatable bonds is 1. The molecule has 0 aliphatic carbocycles. The van der Waals surface area contributed by atoms with E-state index in [2.05, 4.69) is 0 Å². The molecular formula is C4H7Cl3O3. The zero-order valence-corrected chi connectivity index (χ0v) is 7.41. The average molecular weight is 209 g/mol. The van der Waals surface area contributed by atoms with Gasteiger partial charge in [-0.3, -0.25) is 4.79 Å². The minimum Gasteiger partial charge on any atom is -0.481 e. The van der Waals surface area contributed by atoms with E-state index in [-0.39, 0.29) is 0 Å². The van der Waals surface area contributed by atoms with Crippen molar-refractivity contribution in [3.05, 3.63) is 0 Å². The number of aliphatic hydroxyl groups excluding tert-OH is 1. The third kappa shape index (κ3) is 15.7. The maximum atomic E-state index is 9.76. The number of carbonyl (C=O) groups is 1. The molecular weight excluding hydrogens is 202 g/mol. The number of alkyl halides is 3. The number of hydrogen-bond donors (Lipinski definition) is 2. The van der Waals surface area contributed by atoms with Crippen molar-refractivity contribution in [2.24, 2.45) is 0 Å². The highest BCUT2D eigenvalue weighted by molar-refractivity contribution is 6.68. The lowest BCUT2D eigenvalue weighted by atomic mass is 10.5. The number of carboxylic acid groups (broad SMARTS) is 1. The molecule has 0 amide bonds. The van der Waals surface area contributed by atoms with E-state index in [1.165, 1.54) is 0 Å². The molecule has 2 N–H and O–H groups in total. The first-order valence-corrected chi connectivity index (χ1v) is 3.28. The van der Waals surface area contributed by atoms with Crippen LogP contribution < -0.4 is 0 Å². The van der Waals surface area contributed by atoms with Crippen LogP contribution in [-0.2, 0) is 4.79 Å². The van der Waals surface area contributed by atoms with Crippen LogP contribution >= 0.6 is 34.8 Å². The second-order valence-electron chi connectivity index (χ2n) is 1.19. The number of carboxylic acids is 1. The Labute approximate surface area is 73.5 Å². The Morgan fingerprint density at radius 1 is 1.40 bits per heavy atom. The van der Waals surface area contributed by atoms with Gasteiger partial charge in [0.2, 0.25) is 3.79 Å². The second kappa shape index (κ2) is 6.04. The van der Waals surface area contributed by atoms with Gasteiger partial charge in [-0.15, -0.1) is 0 Å². The number of hydrogen-bond acceptors (Lipinski definition) is 2. The van der Waals surface area contributed by atoms with Crippen LogP contribution in [0.1, 0.15) is 6.42 Å². The quantitative estimate of drug-likeness (QED) is 0.643. The van der Waals surface area contributed by atoms with Crippen molar-refractivity contribution in [2.45, 2.75) is 10.2 Å². The first-order chi connectivity index (χ1) is 4.42. The standard InChI is InChI=1S/C3H3Cl3O2.CH4O/c4-3(5,6)1-2(7)8;1-2/h1H2,(H,7,8);2H,1H3. The topological polar surface area (TPSA) is 57.5 Å². The summed E-state index contributed by atoms with van der Waals surface area (Å²) in [4.78, 5) is 9.76. The van der Waals surface area contributed by atoms with Gasteiger partial charge in [-0.25, -0.2) is 0 Å². The summed E-state index contributed by atoms with van der Waals surface area (Å²) >= 11 is 15.2. The molecule has 0 atom stereocenters. The summed E-state index contributed by atoms with van der Waals surface area (Å²) in [6.45, 7) is 0. The van der Waals surface area contributed by atoms with Crippen molar-refractivity contribution in [1.82, 2.24) is 0 Å². The Kier molecular flexibility index (Phi) is 7.81. The third-order valence-electron chi connectivity index (χ3n) is 0.352. The van der Waals surface area contributed by atoms with E-state index in [1.54, 1.807) is 0 Å². The molecule has 0 rings (SSSR count). The van der Waals surface area contributed by atoms with Gasteiger partial charge in [-0.05, 0) is 0 Å². The Hall–Kier alpha value is 0.300. The van der Waals surface area contributed by atoms with E-state index in [0.717, 1.165) is 7.11 Å². The number of aliphatic hydroxyl groups is 1. The van der Waals surface area contributed by atoms with Crippen LogP contribution in [0.4, 0.5) is 0 Å². The Balaban J connectivity index is 0. The summed E-state index contributed by atoms with van der Waals surface area (Å²) in [5.41, 5.74) is 0. The Bertz CT molecular complexity index is 98.4. The van der Waals surface area contributed by atoms with Crippen LogP contribution in [-0.4, -0.2) is 27.1 Å². The van der Waals surface area contributed by atoms with E-state index < -0.39 is 16.2 Å². The van der Waals surface area contributed by atoms with Crippen molar-refractivity contribution < 1.29 is 15.0 Å². The van der Waals surface area contributed by atoms with E-state index in [4.69, 9.17) is 45.0 Å². The minimum atomic E-state index is -1.66. The van der Waals surface area contributed by atoms with Gasteiger partial charge in [0.15, 0.2) is 0 Å². The van der Waals surface area contributed by atoms with Gasteiger partial charge >= 0.3 is 5.97 Å². The predicted octanol–water partition coefficient (Wildman–Crippen LogP) is 1.44. The van der Waals surface area contributed by atoms with Crippen molar-refractivity contribution in [3.8, 4) is 0 Å². The number of halogens is 3. The summed E-state index contributed by atoms with van der Waals surface area (Å²) in [5, 5.41) is 15.0. The molecule has 0 heterocycles. The lowest BCUT2D eigenvalue weighted by molar-refractivity contribution is -0.136. The van der Waals surface area contributed by atoms with E-state index >= 15 is 0 Å². The van der Waals surface area contributed by atoms with E-state index in [0.29, 0.717) is 0 Å². The zero-order valence-electron chi connectivity index (χ0n) is 5.14. The monoisotopic (exact) mass is 208 g/mol. The zero-order chi connectivity index (χ0) is 8.78. The van der Waals surface area contributed by atoms with E-state index in [1.807, 2.05) is 0 Å².